The van der Waals surface area contributed by atoms with Gasteiger partial charge < -0.3 is 10.1 Å². The Hall–Kier alpha value is -2.11. The maximum Gasteiger partial charge on any atom is 0.340 e. The summed E-state index contributed by atoms with van der Waals surface area (Å²) in [5, 5.41) is 7.13. The lowest BCUT2D eigenvalue weighted by molar-refractivity contribution is 0.438. The van der Waals surface area contributed by atoms with Gasteiger partial charge in [0.15, 0.2) is 0 Å². The number of rotatable bonds is 4. The second-order valence-electron chi connectivity index (χ2n) is 3.21. The summed E-state index contributed by atoms with van der Waals surface area (Å²) in [5.41, 5.74) is 0. The number of aryl methyl sites for hydroxylation is 1. The summed E-state index contributed by atoms with van der Waals surface area (Å²) in [6.07, 6.45) is 3.26. The van der Waals surface area contributed by atoms with Crippen LogP contribution in [0.25, 0.3) is 0 Å². The summed E-state index contributed by atoms with van der Waals surface area (Å²) in [5.74, 6) is 1.44. The third-order valence-corrected chi connectivity index (χ3v) is 1.88. The van der Waals surface area contributed by atoms with E-state index in [1.54, 1.807) is 36.4 Å². The van der Waals surface area contributed by atoms with Crippen LogP contribution < -0.4 is 10.1 Å². The number of anilines is 1. The fourth-order valence-electron chi connectivity index (χ4n) is 1.22. The summed E-state index contributed by atoms with van der Waals surface area (Å²) in [6.45, 7) is 2.83. The van der Waals surface area contributed by atoms with Crippen molar-refractivity contribution in [1.29, 1.82) is 0 Å². The van der Waals surface area contributed by atoms with Gasteiger partial charge in [0.1, 0.15) is 17.9 Å². The van der Waals surface area contributed by atoms with Gasteiger partial charge in [-0.1, -0.05) is 0 Å². The first kappa shape index (κ1) is 10.4. The summed E-state index contributed by atoms with van der Waals surface area (Å²) >= 11 is 0. The molecule has 0 spiro atoms. The van der Waals surface area contributed by atoms with Gasteiger partial charge in [0.2, 0.25) is 0 Å². The first-order valence-corrected chi connectivity index (χ1v) is 5.01. The summed E-state index contributed by atoms with van der Waals surface area (Å²) in [4.78, 5) is 8.11. The monoisotopic (exact) mass is 219 g/mol. The molecule has 0 radical (unpaired) electrons. The number of nitrogens with one attached hydrogen (secondary N) is 1. The number of hydrogen-bond acceptors (Lipinski definition) is 5. The van der Waals surface area contributed by atoms with E-state index in [-0.39, 0.29) is 0 Å². The van der Waals surface area contributed by atoms with Crippen LogP contribution in [0.4, 0.5) is 5.82 Å². The van der Waals surface area contributed by atoms with Crippen molar-refractivity contribution >= 4 is 5.82 Å². The smallest absolute Gasteiger partial charge is 0.340 e. The van der Waals surface area contributed by atoms with E-state index in [2.05, 4.69) is 20.4 Å². The fraction of sp³-hybridized carbons (Fsp3) is 0.300. The Bertz CT molecular complexity index is 468. The molecule has 0 aliphatic rings. The van der Waals surface area contributed by atoms with Gasteiger partial charge >= 0.3 is 6.01 Å². The number of pyridine rings is 1. The van der Waals surface area contributed by atoms with Crippen LogP contribution in [0.5, 0.6) is 11.8 Å². The highest BCUT2D eigenvalue weighted by molar-refractivity contribution is 5.41. The molecule has 0 saturated carbocycles. The van der Waals surface area contributed by atoms with Crippen molar-refractivity contribution in [3.8, 4) is 11.8 Å². The lowest BCUT2D eigenvalue weighted by atomic mass is 10.4. The number of ether oxygens (including phenoxy) is 1. The molecule has 0 atom stereocenters. The largest absolute Gasteiger partial charge is 0.423 e. The Labute approximate surface area is 93.3 Å². The van der Waals surface area contributed by atoms with E-state index in [1.807, 2.05) is 6.92 Å². The molecule has 0 aromatic carbocycles. The molecule has 84 valence electrons. The molecule has 16 heavy (non-hydrogen) atoms. The van der Waals surface area contributed by atoms with Gasteiger partial charge in [0.05, 0.1) is 0 Å². The van der Waals surface area contributed by atoms with E-state index in [9.17, 15) is 0 Å². The van der Waals surface area contributed by atoms with Gasteiger partial charge in [-0.3, -0.25) is 4.68 Å². The Morgan fingerprint density at radius 2 is 2.31 bits per heavy atom. The van der Waals surface area contributed by atoms with Crippen LogP contribution in [0.3, 0.4) is 0 Å². The van der Waals surface area contributed by atoms with Crippen molar-refractivity contribution < 1.29 is 4.74 Å². The highest BCUT2D eigenvalue weighted by Gasteiger charge is 2.02. The zero-order valence-electron chi connectivity index (χ0n) is 9.21. The quantitative estimate of drug-likeness (QED) is 0.842. The van der Waals surface area contributed by atoms with Crippen LogP contribution in [-0.4, -0.2) is 26.3 Å². The Morgan fingerprint density at radius 1 is 1.44 bits per heavy atom. The average Bonchev–Trinajstić information content (AvgIpc) is 2.65. The Kier molecular flexibility index (Phi) is 3.00. The predicted molar refractivity (Wildman–Crippen MR) is 59.5 cm³/mol. The molecular formula is C10H13N5O. The molecule has 2 aromatic rings. The second kappa shape index (κ2) is 4.61. The molecular weight excluding hydrogens is 206 g/mol. The van der Waals surface area contributed by atoms with E-state index < -0.39 is 0 Å². The molecule has 2 rings (SSSR count). The molecule has 0 saturated heterocycles. The van der Waals surface area contributed by atoms with Gasteiger partial charge in [-0.25, -0.2) is 4.98 Å². The lowest BCUT2D eigenvalue weighted by Gasteiger charge is -2.04. The summed E-state index contributed by atoms with van der Waals surface area (Å²) < 4.78 is 7.05. The van der Waals surface area contributed by atoms with Crippen molar-refractivity contribution in [3.63, 3.8) is 0 Å². The standard InChI is InChI=1S/C10H13N5O/c1-3-11-9-6-8(4-5-12-9)16-10-13-7-15(2)14-10/h4-7H,3H2,1-2H3,(H,11,12). The van der Waals surface area contributed by atoms with Gasteiger partial charge in [0, 0.05) is 25.9 Å². The highest BCUT2D eigenvalue weighted by atomic mass is 16.5. The average molecular weight is 219 g/mol. The van der Waals surface area contributed by atoms with E-state index in [1.165, 1.54) is 0 Å². The Morgan fingerprint density at radius 3 is 3.00 bits per heavy atom. The predicted octanol–water partition coefficient (Wildman–Crippen LogP) is 1.43. The van der Waals surface area contributed by atoms with E-state index in [0.717, 1.165) is 12.4 Å². The molecule has 2 aromatic heterocycles. The van der Waals surface area contributed by atoms with Crippen molar-refractivity contribution in [1.82, 2.24) is 19.7 Å². The minimum absolute atomic E-state index is 0.330. The molecule has 0 amide bonds. The van der Waals surface area contributed by atoms with Gasteiger partial charge in [-0.05, 0) is 13.0 Å². The fourth-order valence-corrected chi connectivity index (χ4v) is 1.22. The third-order valence-electron chi connectivity index (χ3n) is 1.88. The van der Waals surface area contributed by atoms with Crippen molar-refractivity contribution in [2.75, 3.05) is 11.9 Å². The lowest BCUT2D eigenvalue weighted by Crippen LogP contribution is -1.99. The first-order chi connectivity index (χ1) is 7.78. The minimum atomic E-state index is 0.330. The van der Waals surface area contributed by atoms with Crippen molar-refractivity contribution in [2.24, 2.45) is 7.05 Å². The molecule has 0 aliphatic carbocycles. The van der Waals surface area contributed by atoms with Crippen LogP contribution in [0.2, 0.25) is 0 Å². The summed E-state index contributed by atoms with van der Waals surface area (Å²) in [7, 11) is 1.79. The zero-order valence-corrected chi connectivity index (χ0v) is 9.21. The van der Waals surface area contributed by atoms with E-state index in [4.69, 9.17) is 4.74 Å². The second-order valence-corrected chi connectivity index (χ2v) is 3.21. The maximum absolute atomic E-state index is 5.46. The molecule has 0 unspecified atom stereocenters. The van der Waals surface area contributed by atoms with Crippen molar-refractivity contribution in [2.45, 2.75) is 6.92 Å². The van der Waals surface area contributed by atoms with Crippen LogP contribution in [0.15, 0.2) is 24.7 Å². The normalized spacial score (nSPS) is 10.1. The first-order valence-electron chi connectivity index (χ1n) is 5.01. The molecule has 6 nitrogen and oxygen atoms in total. The SMILES string of the molecule is CCNc1cc(Oc2ncn(C)n2)ccn1. The number of hydrogen-bond donors (Lipinski definition) is 1. The summed E-state index contributed by atoms with van der Waals surface area (Å²) in [6, 6.07) is 3.90. The Balaban J connectivity index is 2.12. The third kappa shape index (κ3) is 2.47. The molecule has 0 aliphatic heterocycles. The van der Waals surface area contributed by atoms with E-state index in [0.29, 0.717) is 11.8 Å². The van der Waals surface area contributed by atoms with Gasteiger partial charge in [-0.2, -0.15) is 4.98 Å². The topological polar surface area (TPSA) is 64.9 Å². The van der Waals surface area contributed by atoms with Gasteiger partial charge in [-0.15, -0.1) is 5.10 Å². The number of nitrogens with zero attached hydrogens (tertiary/aromatic N) is 4. The molecule has 0 bridgehead atoms. The van der Waals surface area contributed by atoms with Crippen LogP contribution in [-0.2, 0) is 7.05 Å². The molecule has 2 heterocycles. The number of aromatic nitrogens is 4. The highest BCUT2D eigenvalue weighted by Crippen LogP contribution is 2.19. The zero-order chi connectivity index (χ0) is 11.4. The van der Waals surface area contributed by atoms with E-state index >= 15 is 0 Å². The van der Waals surface area contributed by atoms with Gasteiger partial charge in [0.25, 0.3) is 0 Å². The maximum atomic E-state index is 5.46. The van der Waals surface area contributed by atoms with Crippen LogP contribution >= 0.6 is 0 Å². The van der Waals surface area contributed by atoms with Crippen LogP contribution in [0, 0.1) is 0 Å². The molecule has 0 fully saturated rings. The van der Waals surface area contributed by atoms with Crippen LogP contribution in [0.1, 0.15) is 6.92 Å². The molecule has 1 N–H and O–H groups in total. The van der Waals surface area contributed by atoms with Crippen molar-refractivity contribution in [3.05, 3.63) is 24.7 Å². The minimum Gasteiger partial charge on any atom is -0.423 e. The molecule has 6 heteroatoms.